The molecule has 8 rings (SSSR count). The number of imidazole rings is 1. The third-order valence-corrected chi connectivity index (χ3v) is 12.6. The number of amides is 1. The first-order valence-electron chi connectivity index (χ1n) is 16.2. The monoisotopic (exact) mass is 716 g/mol. The zero-order valence-corrected chi connectivity index (χ0v) is 28.0. The maximum absolute atomic E-state index is 14.1. The van der Waals surface area contributed by atoms with Crippen molar-refractivity contribution >= 4 is 49.0 Å². The van der Waals surface area contributed by atoms with Crippen molar-refractivity contribution in [2.24, 2.45) is 11.8 Å². The summed E-state index contributed by atoms with van der Waals surface area (Å²) < 4.78 is 8.33. The molecule has 3 fully saturated rings. The van der Waals surface area contributed by atoms with Crippen LogP contribution in [0.25, 0.3) is 22.2 Å². The number of nitrogens with one attached hydrogen (secondary N) is 1. The van der Waals surface area contributed by atoms with Crippen LogP contribution in [0, 0.1) is 11.8 Å². The molecule has 3 aliphatic heterocycles. The van der Waals surface area contributed by atoms with E-state index in [2.05, 4.69) is 107 Å². The zero-order chi connectivity index (χ0) is 29.8. The number of H-pyrrole nitrogens is 1. The van der Waals surface area contributed by atoms with Gasteiger partial charge in [-0.25, -0.2) is 9.78 Å². The van der Waals surface area contributed by atoms with E-state index in [0.717, 1.165) is 51.6 Å². The average Bonchev–Trinajstić information content (AvgIpc) is 3.58. The molecule has 3 saturated heterocycles. The molecule has 0 unspecified atom stereocenters. The Bertz CT molecular complexity index is 1620. The molecule has 1 aliphatic carbocycles. The fourth-order valence-corrected chi connectivity index (χ4v) is 9.58. The van der Waals surface area contributed by atoms with Crippen molar-refractivity contribution in [3.05, 3.63) is 86.6 Å². The van der Waals surface area contributed by atoms with Gasteiger partial charge in [-0.1, -0.05) is 48.5 Å². The van der Waals surface area contributed by atoms with Crippen molar-refractivity contribution < 1.29 is 9.53 Å². The third kappa shape index (κ3) is 5.11. The molecule has 0 radical (unpaired) electrons. The SMILES string of the molecule is O=C(OCC1c2ccccc2-c2ccccc21)N1C[C@@H]2CCCN3CCC[C@@H]([C@H]23)[C@H]1CCCc1nc2cc(Br)c(Br)cc2[nH]1. The summed E-state index contributed by atoms with van der Waals surface area (Å²) in [5.74, 6) is 2.13. The molecule has 4 heterocycles. The second-order valence-corrected chi connectivity index (χ2v) is 14.8. The normalized spacial score (nSPS) is 24.6. The van der Waals surface area contributed by atoms with Crippen LogP contribution in [0.1, 0.15) is 61.4 Å². The number of nitrogens with zero attached hydrogens (tertiary/aromatic N) is 3. The number of carbonyl (C=O) groups excluding carboxylic acids is 1. The lowest BCUT2D eigenvalue weighted by Crippen LogP contribution is -2.65. The standard InChI is InChI=1S/C36H38Br2N4O2/c37-29-18-31-32(19-30(29)38)40-34(39-31)15-5-14-33-27-13-7-17-41-16-6-8-22(35(27)41)20-42(33)36(43)44-21-28-25-11-3-1-9-23(25)24-10-2-4-12-26(24)28/h1-4,9-12,18-19,22,27-28,33,35H,5-8,13-17,20-21H2,(H,39,40)/t22-,27+,33+,35-/m0/s1. The number of hydrogen-bond donors (Lipinski definition) is 1. The van der Waals surface area contributed by atoms with Crippen LogP contribution in [0.2, 0.25) is 0 Å². The quantitative estimate of drug-likeness (QED) is 0.217. The van der Waals surface area contributed by atoms with Crippen molar-refractivity contribution in [3.8, 4) is 11.1 Å². The van der Waals surface area contributed by atoms with E-state index >= 15 is 0 Å². The topological polar surface area (TPSA) is 61.5 Å². The lowest BCUT2D eigenvalue weighted by molar-refractivity contribution is -0.0728. The highest BCUT2D eigenvalue weighted by Gasteiger charge is 2.50. The van der Waals surface area contributed by atoms with Gasteiger partial charge in [0.15, 0.2) is 0 Å². The number of piperidine rings is 3. The number of benzene rings is 3. The molecule has 6 nitrogen and oxygen atoms in total. The smallest absolute Gasteiger partial charge is 0.410 e. The van der Waals surface area contributed by atoms with Gasteiger partial charge in [-0.2, -0.15) is 0 Å². The van der Waals surface area contributed by atoms with E-state index in [1.165, 1.54) is 61.0 Å². The molecule has 44 heavy (non-hydrogen) atoms. The van der Waals surface area contributed by atoms with E-state index in [9.17, 15) is 4.79 Å². The second-order valence-electron chi connectivity index (χ2n) is 13.1. The first-order chi connectivity index (χ1) is 21.5. The summed E-state index contributed by atoms with van der Waals surface area (Å²) in [6, 6.07) is 22.1. The van der Waals surface area contributed by atoms with Crippen molar-refractivity contribution in [1.82, 2.24) is 19.8 Å². The molecular weight excluding hydrogens is 680 g/mol. The van der Waals surface area contributed by atoms with Gasteiger partial charge in [0.25, 0.3) is 0 Å². The van der Waals surface area contributed by atoms with Crippen LogP contribution in [0.15, 0.2) is 69.6 Å². The molecule has 1 N–H and O–H groups in total. The van der Waals surface area contributed by atoms with E-state index in [4.69, 9.17) is 9.72 Å². The number of fused-ring (bicyclic) bond motifs is 4. The third-order valence-electron chi connectivity index (χ3n) is 10.7. The van der Waals surface area contributed by atoms with Crippen LogP contribution in [0.3, 0.4) is 0 Å². The maximum Gasteiger partial charge on any atom is 0.410 e. The molecule has 4 aromatic rings. The Kier molecular flexibility index (Phi) is 7.79. The highest BCUT2D eigenvalue weighted by Crippen LogP contribution is 2.46. The van der Waals surface area contributed by atoms with Crippen LogP contribution in [-0.4, -0.2) is 64.2 Å². The Morgan fingerprint density at radius 1 is 0.955 bits per heavy atom. The molecule has 8 heteroatoms. The summed E-state index contributed by atoms with van der Waals surface area (Å²) in [6.45, 7) is 3.61. The number of ether oxygens (including phenoxy) is 1. The van der Waals surface area contributed by atoms with Gasteiger partial charge in [-0.3, -0.25) is 4.90 Å². The summed E-state index contributed by atoms with van der Waals surface area (Å²) in [5, 5.41) is 0. The number of carbonyl (C=O) groups is 1. The summed E-state index contributed by atoms with van der Waals surface area (Å²) in [6.07, 6.45) is 7.54. The minimum Gasteiger partial charge on any atom is -0.448 e. The van der Waals surface area contributed by atoms with Gasteiger partial charge < -0.3 is 14.6 Å². The highest BCUT2D eigenvalue weighted by molar-refractivity contribution is 9.13. The highest BCUT2D eigenvalue weighted by atomic mass is 79.9. The van der Waals surface area contributed by atoms with Crippen molar-refractivity contribution in [1.29, 1.82) is 0 Å². The number of aryl methyl sites for hydroxylation is 1. The van der Waals surface area contributed by atoms with Gasteiger partial charge in [-0.15, -0.1) is 0 Å². The van der Waals surface area contributed by atoms with Crippen molar-refractivity contribution in [2.75, 3.05) is 26.2 Å². The van der Waals surface area contributed by atoms with E-state index in [0.29, 0.717) is 24.5 Å². The van der Waals surface area contributed by atoms with Gasteiger partial charge in [0, 0.05) is 39.9 Å². The minimum atomic E-state index is -0.128. The Morgan fingerprint density at radius 3 is 2.43 bits per heavy atom. The minimum absolute atomic E-state index is 0.0790. The molecule has 1 amide bonds. The molecular formula is C36H38Br2N4O2. The van der Waals surface area contributed by atoms with Gasteiger partial charge in [0.05, 0.1) is 11.0 Å². The predicted molar refractivity (Wildman–Crippen MR) is 181 cm³/mol. The Labute approximate surface area is 275 Å². The van der Waals surface area contributed by atoms with Gasteiger partial charge >= 0.3 is 6.09 Å². The molecule has 0 bridgehead atoms. The molecule has 0 spiro atoms. The molecule has 0 saturated carbocycles. The van der Waals surface area contributed by atoms with Crippen LogP contribution in [0.4, 0.5) is 4.79 Å². The molecule has 4 atom stereocenters. The fraction of sp³-hybridized carbons (Fsp3) is 0.444. The van der Waals surface area contributed by atoms with E-state index in [1.807, 2.05) is 0 Å². The summed E-state index contributed by atoms with van der Waals surface area (Å²) in [7, 11) is 0. The first-order valence-corrected chi connectivity index (χ1v) is 17.8. The van der Waals surface area contributed by atoms with E-state index < -0.39 is 0 Å². The summed E-state index contributed by atoms with van der Waals surface area (Å²) in [5.41, 5.74) is 7.06. The van der Waals surface area contributed by atoms with Crippen molar-refractivity contribution in [3.63, 3.8) is 0 Å². The van der Waals surface area contributed by atoms with Gasteiger partial charge in [-0.05, 0) is 130 Å². The Balaban J connectivity index is 1.01. The Hall–Kier alpha value is -2.68. The predicted octanol–water partition coefficient (Wildman–Crippen LogP) is 8.53. The number of aromatic amines is 1. The molecule has 1 aromatic heterocycles. The largest absolute Gasteiger partial charge is 0.448 e. The first kappa shape index (κ1) is 28.8. The van der Waals surface area contributed by atoms with Crippen LogP contribution in [-0.2, 0) is 11.2 Å². The van der Waals surface area contributed by atoms with Gasteiger partial charge in [0.1, 0.15) is 12.4 Å². The summed E-state index contributed by atoms with van der Waals surface area (Å²) >= 11 is 7.20. The maximum atomic E-state index is 14.1. The molecule has 228 valence electrons. The van der Waals surface area contributed by atoms with Crippen LogP contribution in [0.5, 0.6) is 0 Å². The zero-order valence-electron chi connectivity index (χ0n) is 24.9. The lowest BCUT2D eigenvalue weighted by atomic mass is 9.69. The van der Waals surface area contributed by atoms with E-state index in [1.54, 1.807) is 0 Å². The molecule has 3 aromatic carbocycles. The van der Waals surface area contributed by atoms with Crippen LogP contribution < -0.4 is 0 Å². The number of aromatic nitrogens is 2. The number of likely N-dealkylation sites (tertiary alicyclic amines) is 1. The molecule has 4 aliphatic rings. The summed E-state index contributed by atoms with van der Waals surface area (Å²) in [4.78, 5) is 27.4. The Morgan fingerprint density at radius 2 is 1.66 bits per heavy atom. The van der Waals surface area contributed by atoms with Crippen LogP contribution >= 0.6 is 31.9 Å². The number of halogens is 2. The van der Waals surface area contributed by atoms with Gasteiger partial charge in [0.2, 0.25) is 0 Å². The van der Waals surface area contributed by atoms with Crippen molar-refractivity contribution in [2.45, 2.75) is 62.9 Å². The average molecular weight is 719 g/mol. The van der Waals surface area contributed by atoms with E-state index in [-0.39, 0.29) is 18.1 Å². The lowest BCUT2D eigenvalue weighted by Gasteiger charge is -2.57. The fourth-order valence-electron chi connectivity index (χ4n) is 8.91. The number of hydrogen-bond acceptors (Lipinski definition) is 4. The second kappa shape index (κ2) is 11.9. The number of rotatable bonds is 6.